The molecular formula is C11H12F2O3. The van der Waals surface area contributed by atoms with Crippen molar-refractivity contribution in [3.63, 3.8) is 0 Å². The SMILES string of the molecule is CC(F)(F)Cc1ccccc1C(O)C(=O)O. The maximum atomic E-state index is 12.8. The van der Waals surface area contributed by atoms with E-state index in [1.54, 1.807) is 0 Å². The van der Waals surface area contributed by atoms with E-state index in [2.05, 4.69) is 0 Å². The van der Waals surface area contributed by atoms with Crippen LogP contribution in [0.3, 0.4) is 0 Å². The van der Waals surface area contributed by atoms with Gasteiger partial charge in [-0.2, -0.15) is 0 Å². The fraction of sp³-hybridized carbons (Fsp3) is 0.364. The second-order valence-electron chi connectivity index (χ2n) is 3.69. The summed E-state index contributed by atoms with van der Waals surface area (Å²) in [5.74, 6) is -4.39. The minimum atomic E-state index is -2.94. The smallest absolute Gasteiger partial charge is 0.337 e. The van der Waals surface area contributed by atoms with Crippen molar-refractivity contribution in [3.05, 3.63) is 35.4 Å². The van der Waals surface area contributed by atoms with Crippen molar-refractivity contribution in [2.75, 3.05) is 0 Å². The van der Waals surface area contributed by atoms with Gasteiger partial charge in [-0.3, -0.25) is 0 Å². The van der Waals surface area contributed by atoms with Gasteiger partial charge in [0.15, 0.2) is 6.10 Å². The molecule has 0 aromatic heterocycles. The van der Waals surface area contributed by atoms with E-state index < -0.39 is 24.4 Å². The highest BCUT2D eigenvalue weighted by Gasteiger charge is 2.26. The number of hydrogen-bond acceptors (Lipinski definition) is 2. The van der Waals surface area contributed by atoms with E-state index in [1.165, 1.54) is 24.3 Å². The molecule has 0 fully saturated rings. The number of carboxylic acids is 1. The maximum absolute atomic E-state index is 12.8. The van der Waals surface area contributed by atoms with Crippen LogP contribution in [0.1, 0.15) is 24.2 Å². The van der Waals surface area contributed by atoms with Gasteiger partial charge in [-0.15, -0.1) is 0 Å². The number of alkyl halides is 2. The lowest BCUT2D eigenvalue weighted by Gasteiger charge is -2.15. The van der Waals surface area contributed by atoms with Gasteiger partial charge in [-0.25, -0.2) is 13.6 Å². The number of carbonyl (C=O) groups is 1. The molecule has 1 aromatic rings. The zero-order chi connectivity index (χ0) is 12.3. The summed E-state index contributed by atoms with van der Waals surface area (Å²) in [6.45, 7) is 0.747. The van der Waals surface area contributed by atoms with Gasteiger partial charge in [0, 0.05) is 6.42 Å². The van der Waals surface area contributed by atoms with E-state index in [1.807, 2.05) is 0 Å². The first kappa shape index (κ1) is 12.6. The standard InChI is InChI=1S/C11H12F2O3/c1-11(12,13)6-7-4-2-3-5-8(7)9(14)10(15)16/h2-5,9,14H,6H2,1H3,(H,15,16). The van der Waals surface area contributed by atoms with Crippen molar-refractivity contribution in [1.29, 1.82) is 0 Å². The molecule has 88 valence electrons. The Labute approximate surface area is 91.3 Å². The van der Waals surface area contributed by atoms with Crippen LogP contribution in [0.2, 0.25) is 0 Å². The molecule has 0 saturated carbocycles. The average Bonchev–Trinajstić information content (AvgIpc) is 2.15. The van der Waals surface area contributed by atoms with Crippen LogP contribution < -0.4 is 0 Å². The number of aliphatic hydroxyl groups is 1. The lowest BCUT2D eigenvalue weighted by Crippen LogP contribution is -2.18. The van der Waals surface area contributed by atoms with Crippen LogP contribution in [0, 0.1) is 0 Å². The molecule has 0 heterocycles. The van der Waals surface area contributed by atoms with Gasteiger partial charge in [-0.05, 0) is 18.1 Å². The van der Waals surface area contributed by atoms with E-state index in [0.29, 0.717) is 0 Å². The summed E-state index contributed by atoms with van der Waals surface area (Å²) in [4.78, 5) is 10.6. The summed E-state index contributed by atoms with van der Waals surface area (Å²) < 4.78 is 25.6. The highest BCUT2D eigenvalue weighted by Crippen LogP contribution is 2.25. The van der Waals surface area contributed by atoms with Gasteiger partial charge in [0.05, 0.1) is 0 Å². The maximum Gasteiger partial charge on any atom is 0.337 e. The second-order valence-corrected chi connectivity index (χ2v) is 3.69. The molecule has 1 aromatic carbocycles. The number of hydrogen-bond donors (Lipinski definition) is 2. The third kappa shape index (κ3) is 3.27. The Hall–Kier alpha value is -1.49. The van der Waals surface area contributed by atoms with Crippen molar-refractivity contribution < 1.29 is 23.8 Å². The van der Waals surface area contributed by atoms with Gasteiger partial charge >= 0.3 is 5.97 Å². The normalized spacial score (nSPS) is 13.5. The Balaban J connectivity index is 3.05. The predicted molar refractivity (Wildman–Crippen MR) is 53.4 cm³/mol. The van der Waals surface area contributed by atoms with Crippen LogP contribution in [0.25, 0.3) is 0 Å². The summed E-state index contributed by atoms with van der Waals surface area (Å²) in [6, 6.07) is 5.75. The van der Waals surface area contributed by atoms with Crippen LogP contribution in [-0.4, -0.2) is 22.1 Å². The Morgan fingerprint density at radius 2 is 2.00 bits per heavy atom. The van der Waals surface area contributed by atoms with Crippen LogP contribution in [0.15, 0.2) is 24.3 Å². The largest absolute Gasteiger partial charge is 0.479 e. The quantitative estimate of drug-likeness (QED) is 0.831. The summed E-state index contributed by atoms with van der Waals surface area (Å²) in [7, 11) is 0. The Kier molecular flexibility index (Phi) is 3.59. The van der Waals surface area contributed by atoms with Crippen molar-refractivity contribution in [3.8, 4) is 0 Å². The zero-order valence-corrected chi connectivity index (χ0v) is 8.65. The molecule has 16 heavy (non-hydrogen) atoms. The summed E-state index contributed by atoms with van der Waals surface area (Å²) in [5, 5.41) is 18.0. The molecule has 0 aliphatic carbocycles. The Morgan fingerprint density at radius 3 is 2.50 bits per heavy atom. The third-order valence-electron chi connectivity index (χ3n) is 2.08. The van der Waals surface area contributed by atoms with Gasteiger partial charge < -0.3 is 10.2 Å². The van der Waals surface area contributed by atoms with Gasteiger partial charge in [0.1, 0.15) is 0 Å². The van der Waals surface area contributed by atoms with E-state index in [-0.39, 0.29) is 11.1 Å². The van der Waals surface area contributed by atoms with Crippen LogP contribution in [0.5, 0.6) is 0 Å². The Morgan fingerprint density at radius 1 is 1.44 bits per heavy atom. The van der Waals surface area contributed by atoms with E-state index in [0.717, 1.165) is 6.92 Å². The lowest BCUT2D eigenvalue weighted by atomic mass is 9.98. The average molecular weight is 230 g/mol. The molecule has 0 saturated heterocycles. The lowest BCUT2D eigenvalue weighted by molar-refractivity contribution is -0.147. The van der Waals surface area contributed by atoms with Crippen LogP contribution >= 0.6 is 0 Å². The van der Waals surface area contributed by atoms with Gasteiger partial charge in [0.2, 0.25) is 5.92 Å². The monoisotopic (exact) mass is 230 g/mol. The number of aliphatic carboxylic acids is 1. The first-order chi connectivity index (χ1) is 7.31. The van der Waals surface area contributed by atoms with Crippen LogP contribution in [-0.2, 0) is 11.2 Å². The Bertz CT molecular complexity index is 385. The molecule has 5 heteroatoms. The van der Waals surface area contributed by atoms with Gasteiger partial charge in [-0.1, -0.05) is 24.3 Å². The topological polar surface area (TPSA) is 57.5 Å². The van der Waals surface area contributed by atoms with E-state index in [4.69, 9.17) is 5.11 Å². The second kappa shape index (κ2) is 4.57. The minimum absolute atomic E-state index is 0.0107. The summed E-state index contributed by atoms with van der Waals surface area (Å²) in [6.07, 6.45) is -2.36. The summed E-state index contributed by atoms with van der Waals surface area (Å²) in [5.41, 5.74) is 0.154. The van der Waals surface area contributed by atoms with Crippen LogP contribution in [0.4, 0.5) is 8.78 Å². The fourth-order valence-corrected chi connectivity index (χ4v) is 1.43. The minimum Gasteiger partial charge on any atom is -0.479 e. The molecule has 3 nitrogen and oxygen atoms in total. The third-order valence-corrected chi connectivity index (χ3v) is 2.08. The molecule has 0 radical (unpaired) electrons. The molecule has 0 aliphatic rings. The highest BCUT2D eigenvalue weighted by molar-refractivity contribution is 5.74. The molecule has 1 atom stereocenters. The van der Waals surface area contributed by atoms with Crippen molar-refractivity contribution in [2.45, 2.75) is 25.4 Å². The van der Waals surface area contributed by atoms with Crippen molar-refractivity contribution >= 4 is 5.97 Å². The van der Waals surface area contributed by atoms with Gasteiger partial charge in [0.25, 0.3) is 0 Å². The highest BCUT2D eigenvalue weighted by atomic mass is 19.3. The van der Waals surface area contributed by atoms with Crippen molar-refractivity contribution in [2.24, 2.45) is 0 Å². The van der Waals surface area contributed by atoms with E-state index in [9.17, 15) is 18.7 Å². The molecule has 0 bridgehead atoms. The molecule has 1 unspecified atom stereocenters. The molecule has 0 aliphatic heterocycles. The first-order valence-electron chi connectivity index (χ1n) is 4.68. The number of carboxylic acid groups (broad SMARTS) is 1. The number of aliphatic hydroxyl groups excluding tert-OH is 1. The molecule has 1 rings (SSSR count). The van der Waals surface area contributed by atoms with Crippen molar-refractivity contribution in [1.82, 2.24) is 0 Å². The molecule has 2 N–H and O–H groups in total. The summed E-state index contributed by atoms with van der Waals surface area (Å²) >= 11 is 0. The zero-order valence-electron chi connectivity index (χ0n) is 8.65. The number of halogens is 2. The molecule has 0 spiro atoms. The number of benzene rings is 1. The molecular weight excluding hydrogens is 218 g/mol. The predicted octanol–water partition coefficient (Wildman–Crippen LogP) is 2.00. The van der Waals surface area contributed by atoms with E-state index >= 15 is 0 Å². The first-order valence-corrected chi connectivity index (χ1v) is 4.68. The fourth-order valence-electron chi connectivity index (χ4n) is 1.43. The molecule has 0 amide bonds. The number of rotatable bonds is 4.